The van der Waals surface area contributed by atoms with Gasteiger partial charge in [0.15, 0.2) is 0 Å². The molecule has 0 saturated carbocycles. The van der Waals surface area contributed by atoms with Crippen molar-refractivity contribution >= 4 is 34.8 Å². The lowest BCUT2D eigenvalue weighted by molar-refractivity contribution is 0.408. The zero-order valence-corrected chi connectivity index (χ0v) is 13.4. The first-order valence-corrected chi connectivity index (χ1v) is 7.16. The average Bonchev–Trinajstić information content (AvgIpc) is 2.38. The van der Waals surface area contributed by atoms with Gasteiger partial charge >= 0.3 is 0 Å². The van der Waals surface area contributed by atoms with E-state index in [1.165, 1.54) is 0 Å². The molecule has 0 aromatic heterocycles. The Kier molecular flexibility index (Phi) is 5.17. The minimum absolute atomic E-state index is 0.521. The van der Waals surface area contributed by atoms with Gasteiger partial charge in [-0.25, -0.2) is 0 Å². The van der Waals surface area contributed by atoms with Gasteiger partial charge in [0.05, 0.1) is 17.2 Å². The molecule has 5 heteroatoms. The van der Waals surface area contributed by atoms with Gasteiger partial charge in [0.25, 0.3) is 0 Å². The van der Waals surface area contributed by atoms with E-state index in [0.717, 1.165) is 22.4 Å². The largest absolute Gasteiger partial charge is 0.496 e. The van der Waals surface area contributed by atoms with Gasteiger partial charge in [0, 0.05) is 22.7 Å². The Morgan fingerprint density at radius 3 is 2.25 bits per heavy atom. The molecule has 0 aliphatic carbocycles. The van der Waals surface area contributed by atoms with Gasteiger partial charge in [-0.05, 0) is 36.9 Å². The first-order chi connectivity index (χ1) is 9.56. The average molecular weight is 331 g/mol. The number of hydrogen-bond donors (Lipinski definition) is 1. The van der Waals surface area contributed by atoms with Crippen LogP contribution in [0.1, 0.15) is 5.56 Å². The van der Waals surface area contributed by atoms with Crippen molar-refractivity contribution < 1.29 is 4.74 Å². The van der Waals surface area contributed by atoms with E-state index >= 15 is 0 Å². The summed E-state index contributed by atoms with van der Waals surface area (Å²) in [7, 11) is 3.53. The smallest absolute Gasteiger partial charge is 0.123 e. The van der Waals surface area contributed by atoms with Gasteiger partial charge in [-0.15, -0.1) is 0 Å². The lowest BCUT2D eigenvalue weighted by atomic mass is 10.0. The molecule has 0 fully saturated rings. The van der Waals surface area contributed by atoms with Crippen LogP contribution in [0, 0.1) is 0 Å². The van der Waals surface area contributed by atoms with Crippen LogP contribution >= 0.6 is 34.8 Å². The topological polar surface area (TPSA) is 21.3 Å². The summed E-state index contributed by atoms with van der Waals surface area (Å²) in [5, 5.41) is 4.69. The van der Waals surface area contributed by atoms with Crippen LogP contribution in [0.2, 0.25) is 15.1 Å². The van der Waals surface area contributed by atoms with E-state index in [9.17, 15) is 0 Å². The summed E-state index contributed by atoms with van der Waals surface area (Å²) in [6.07, 6.45) is 0. The maximum Gasteiger partial charge on any atom is 0.123 e. The molecule has 2 aromatic carbocycles. The summed E-state index contributed by atoms with van der Waals surface area (Å²) in [6.45, 7) is 0.694. The van der Waals surface area contributed by atoms with Gasteiger partial charge in [0.2, 0.25) is 0 Å². The molecule has 0 saturated heterocycles. The molecule has 2 nitrogen and oxygen atoms in total. The van der Waals surface area contributed by atoms with Crippen LogP contribution in [0.4, 0.5) is 0 Å². The van der Waals surface area contributed by atoms with Crippen LogP contribution in [-0.4, -0.2) is 14.2 Å². The number of methoxy groups -OCH3 is 1. The van der Waals surface area contributed by atoms with Gasteiger partial charge < -0.3 is 10.1 Å². The van der Waals surface area contributed by atoms with Crippen molar-refractivity contribution in [1.82, 2.24) is 5.32 Å². The minimum atomic E-state index is 0.521. The van der Waals surface area contributed by atoms with Crippen LogP contribution in [-0.2, 0) is 6.54 Å². The summed E-state index contributed by atoms with van der Waals surface area (Å²) in [6, 6.07) is 9.22. The summed E-state index contributed by atoms with van der Waals surface area (Å²) >= 11 is 18.5. The molecule has 0 spiro atoms. The Morgan fingerprint density at radius 2 is 1.70 bits per heavy atom. The maximum atomic E-state index is 6.26. The standard InChI is InChI=1S/C15H14Cl3NO/c1-19-8-10-5-9(3-4-14(10)20-2)15-12(17)6-11(16)7-13(15)18/h3-7,19H,8H2,1-2H3. The van der Waals surface area contributed by atoms with Crippen molar-refractivity contribution in [2.45, 2.75) is 6.54 Å². The predicted octanol–water partition coefficient (Wildman–Crippen LogP) is 5.04. The highest BCUT2D eigenvalue weighted by Gasteiger charge is 2.12. The van der Waals surface area contributed by atoms with E-state index in [4.69, 9.17) is 39.5 Å². The lowest BCUT2D eigenvalue weighted by Crippen LogP contribution is -2.06. The van der Waals surface area contributed by atoms with Gasteiger partial charge in [-0.3, -0.25) is 0 Å². The van der Waals surface area contributed by atoms with E-state index in [1.807, 2.05) is 25.2 Å². The Labute approximate surface area is 133 Å². The second kappa shape index (κ2) is 6.68. The second-order valence-corrected chi connectivity index (χ2v) is 5.55. The van der Waals surface area contributed by atoms with E-state index in [0.29, 0.717) is 21.6 Å². The Bertz CT molecular complexity index is 606. The van der Waals surface area contributed by atoms with Crippen LogP contribution in [0.5, 0.6) is 5.75 Å². The van der Waals surface area contributed by atoms with E-state index < -0.39 is 0 Å². The third-order valence-corrected chi connectivity index (χ3v) is 3.76. The third kappa shape index (κ3) is 3.21. The third-order valence-electron chi connectivity index (χ3n) is 2.94. The van der Waals surface area contributed by atoms with Crippen molar-refractivity contribution in [1.29, 1.82) is 0 Å². The van der Waals surface area contributed by atoms with E-state index in [1.54, 1.807) is 19.2 Å². The zero-order valence-electron chi connectivity index (χ0n) is 11.1. The fourth-order valence-electron chi connectivity index (χ4n) is 2.08. The van der Waals surface area contributed by atoms with Crippen LogP contribution in [0.15, 0.2) is 30.3 Å². The Morgan fingerprint density at radius 1 is 1.05 bits per heavy atom. The second-order valence-electron chi connectivity index (χ2n) is 4.30. The number of rotatable bonds is 4. The molecule has 20 heavy (non-hydrogen) atoms. The highest BCUT2D eigenvalue weighted by molar-refractivity contribution is 6.41. The molecule has 0 atom stereocenters. The highest BCUT2D eigenvalue weighted by Crippen LogP contribution is 2.38. The van der Waals surface area contributed by atoms with Gasteiger partial charge in [-0.2, -0.15) is 0 Å². The molecule has 0 unspecified atom stereocenters. The molecule has 0 aliphatic heterocycles. The van der Waals surface area contributed by atoms with Crippen LogP contribution < -0.4 is 10.1 Å². The van der Waals surface area contributed by atoms with Crippen LogP contribution in [0.3, 0.4) is 0 Å². The monoisotopic (exact) mass is 329 g/mol. The summed E-state index contributed by atoms with van der Waals surface area (Å²) in [5.41, 5.74) is 2.75. The highest BCUT2D eigenvalue weighted by atomic mass is 35.5. The minimum Gasteiger partial charge on any atom is -0.496 e. The normalized spacial score (nSPS) is 10.7. The molecular formula is C15H14Cl3NO. The molecular weight excluding hydrogens is 317 g/mol. The van der Waals surface area contributed by atoms with Crippen LogP contribution in [0.25, 0.3) is 11.1 Å². The van der Waals surface area contributed by atoms with E-state index in [-0.39, 0.29) is 0 Å². The number of nitrogens with one attached hydrogen (secondary N) is 1. The van der Waals surface area contributed by atoms with Gasteiger partial charge in [0.1, 0.15) is 5.75 Å². The van der Waals surface area contributed by atoms with Crippen molar-refractivity contribution in [3.8, 4) is 16.9 Å². The van der Waals surface area contributed by atoms with Crippen molar-refractivity contribution in [3.05, 3.63) is 51.0 Å². The predicted molar refractivity (Wildman–Crippen MR) is 86.2 cm³/mol. The molecule has 0 amide bonds. The van der Waals surface area contributed by atoms with Crippen molar-refractivity contribution in [3.63, 3.8) is 0 Å². The first-order valence-electron chi connectivity index (χ1n) is 6.03. The number of ether oxygens (including phenoxy) is 1. The fourth-order valence-corrected chi connectivity index (χ4v) is 3.12. The summed E-state index contributed by atoms with van der Waals surface area (Å²) < 4.78 is 5.34. The molecule has 106 valence electrons. The molecule has 0 bridgehead atoms. The Balaban J connectivity index is 2.56. The molecule has 0 aliphatic rings. The maximum absolute atomic E-state index is 6.26. The summed E-state index contributed by atoms with van der Waals surface area (Å²) in [4.78, 5) is 0. The van der Waals surface area contributed by atoms with Crippen molar-refractivity contribution in [2.24, 2.45) is 0 Å². The van der Waals surface area contributed by atoms with Gasteiger partial charge in [-0.1, -0.05) is 40.9 Å². The van der Waals surface area contributed by atoms with Crippen molar-refractivity contribution in [2.75, 3.05) is 14.2 Å². The molecule has 2 aromatic rings. The first kappa shape index (κ1) is 15.5. The molecule has 0 radical (unpaired) electrons. The number of hydrogen-bond acceptors (Lipinski definition) is 2. The summed E-state index contributed by atoms with van der Waals surface area (Å²) in [5.74, 6) is 0.823. The molecule has 2 rings (SSSR count). The molecule has 1 N–H and O–H groups in total. The SMILES string of the molecule is CNCc1cc(-c2c(Cl)cc(Cl)cc2Cl)ccc1OC. The fraction of sp³-hybridized carbons (Fsp3) is 0.200. The lowest BCUT2D eigenvalue weighted by Gasteiger charge is -2.13. The molecule has 0 heterocycles. The Hall–Kier alpha value is -0.930. The quantitative estimate of drug-likeness (QED) is 0.847. The number of halogens is 3. The van der Waals surface area contributed by atoms with E-state index in [2.05, 4.69) is 5.32 Å². The zero-order chi connectivity index (χ0) is 14.7. The number of benzene rings is 2.